The fourth-order valence-electron chi connectivity index (χ4n) is 3.20. The number of hydrogen-bond donors (Lipinski definition) is 2. The molecule has 0 saturated carbocycles. The zero-order valence-corrected chi connectivity index (χ0v) is 15.9. The van der Waals surface area contributed by atoms with Gasteiger partial charge in [0.15, 0.2) is 5.11 Å². The van der Waals surface area contributed by atoms with Gasteiger partial charge in [0.2, 0.25) is 17.7 Å². The minimum atomic E-state index is -0.542. The fraction of sp³-hybridized carbons (Fsp3) is 0.471. The lowest BCUT2D eigenvalue weighted by Crippen LogP contribution is -2.43. The van der Waals surface area contributed by atoms with Crippen molar-refractivity contribution in [1.82, 2.24) is 10.2 Å². The van der Waals surface area contributed by atoms with Crippen LogP contribution in [-0.2, 0) is 27.2 Å². The van der Waals surface area contributed by atoms with E-state index in [9.17, 15) is 19.6 Å². The molecule has 0 aromatic carbocycles. The van der Waals surface area contributed by atoms with E-state index in [-0.39, 0.29) is 36.3 Å². The number of thiophene rings is 1. The molecule has 0 radical (unpaired) electrons. The van der Waals surface area contributed by atoms with Gasteiger partial charge >= 0.3 is 0 Å². The van der Waals surface area contributed by atoms with Crippen LogP contribution in [0.3, 0.4) is 0 Å². The molecule has 1 aliphatic carbocycles. The summed E-state index contributed by atoms with van der Waals surface area (Å²) in [6.45, 7) is 1.84. The molecule has 26 heavy (non-hydrogen) atoms. The van der Waals surface area contributed by atoms with Gasteiger partial charge in [0.05, 0.1) is 5.56 Å². The summed E-state index contributed by atoms with van der Waals surface area (Å²) in [5.74, 6) is -0.658. The van der Waals surface area contributed by atoms with E-state index >= 15 is 0 Å². The van der Waals surface area contributed by atoms with Crippen LogP contribution in [0.1, 0.15) is 42.2 Å². The Bertz CT molecular complexity index is 824. The van der Waals surface area contributed by atoms with Gasteiger partial charge in [0.1, 0.15) is 17.6 Å². The smallest absolute Gasteiger partial charge is 0.246 e. The van der Waals surface area contributed by atoms with Crippen LogP contribution in [0, 0.1) is 17.2 Å². The molecule has 2 aliphatic rings. The molecule has 1 atom stereocenters. The standard InChI is InChI=1S/C17H18N4O3S2/c1-9-2-3-10-11(7-18)16(26-12(10)6-9)20-17(25)19-13(22)8-21-14(23)4-5-15(21)24/h9H,2-6,8H2,1H3,(H2,19,20,22,25). The van der Waals surface area contributed by atoms with Crippen molar-refractivity contribution in [3.8, 4) is 6.07 Å². The number of amides is 3. The predicted molar refractivity (Wildman–Crippen MR) is 101 cm³/mol. The lowest BCUT2D eigenvalue weighted by atomic mass is 9.89. The van der Waals surface area contributed by atoms with E-state index < -0.39 is 5.91 Å². The summed E-state index contributed by atoms with van der Waals surface area (Å²) in [5.41, 5.74) is 1.65. The molecule has 1 aromatic rings. The Morgan fingerprint density at radius 3 is 2.69 bits per heavy atom. The maximum atomic E-state index is 12.0. The lowest BCUT2D eigenvalue weighted by molar-refractivity contribution is -0.142. The molecule has 1 aromatic heterocycles. The molecule has 1 aliphatic heterocycles. The highest BCUT2D eigenvalue weighted by molar-refractivity contribution is 7.80. The van der Waals surface area contributed by atoms with E-state index in [1.807, 2.05) is 0 Å². The number of thiocarbonyl (C=S) groups is 1. The van der Waals surface area contributed by atoms with Gasteiger partial charge in [-0.25, -0.2) is 0 Å². The number of anilines is 1. The lowest BCUT2D eigenvalue weighted by Gasteiger charge is -2.17. The van der Waals surface area contributed by atoms with Crippen molar-refractivity contribution in [1.29, 1.82) is 5.26 Å². The van der Waals surface area contributed by atoms with Gasteiger partial charge in [-0.1, -0.05) is 6.92 Å². The number of carbonyl (C=O) groups excluding carboxylic acids is 3. The monoisotopic (exact) mass is 390 g/mol. The van der Waals surface area contributed by atoms with E-state index in [2.05, 4.69) is 23.6 Å². The summed E-state index contributed by atoms with van der Waals surface area (Å²) in [6, 6.07) is 2.23. The second-order valence-electron chi connectivity index (χ2n) is 6.54. The number of imide groups is 1. The molecule has 3 rings (SSSR count). The molecule has 1 saturated heterocycles. The molecule has 1 unspecified atom stereocenters. The number of hydrogen-bond acceptors (Lipinski definition) is 6. The first kappa shape index (κ1) is 18.5. The molecular weight excluding hydrogens is 372 g/mol. The first-order valence-electron chi connectivity index (χ1n) is 8.37. The van der Waals surface area contributed by atoms with Crippen LogP contribution < -0.4 is 10.6 Å². The third-order valence-electron chi connectivity index (χ3n) is 4.56. The summed E-state index contributed by atoms with van der Waals surface area (Å²) in [7, 11) is 0. The Morgan fingerprint density at radius 1 is 1.35 bits per heavy atom. The van der Waals surface area contributed by atoms with Crippen LogP contribution in [0.5, 0.6) is 0 Å². The highest BCUT2D eigenvalue weighted by atomic mass is 32.1. The average molecular weight is 390 g/mol. The zero-order valence-electron chi connectivity index (χ0n) is 14.3. The number of nitriles is 1. The number of carbonyl (C=O) groups is 3. The van der Waals surface area contributed by atoms with E-state index in [0.29, 0.717) is 16.5 Å². The minimum Gasteiger partial charge on any atom is -0.323 e. The molecule has 9 heteroatoms. The molecule has 3 amide bonds. The van der Waals surface area contributed by atoms with Crippen molar-refractivity contribution < 1.29 is 14.4 Å². The van der Waals surface area contributed by atoms with Gasteiger partial charge in [0, 0.05) is 17.7 Å². The van der Waals surface area contributed by atoms with Crippen LogP contribution >= 0.6 is 23.6 Å². The van der Waals surface area contributed by atoms with Crippen LogP contribution in [0.2, 0.25) is 0 Å². The van der Waals surface area contributed by atoms with Crippen molar-refractivity contribution in [2.45, 2.75) is 39.0 Å². The Kier molecular flexibility index (Phi) is 5.34. The van der Waals surface area contributed by atoms with Crippen molar-refractivity contribution >= 4 is 51.4 Å². The van der Waals surface area contributed by atoms with Crippen molar-refractivity contribution in [3.63, 3.8) is 0 Å². The summed E-state index contributed by atoms with van der Waals surface area (Å²) in [6.07, 6.45) is 3.14. The SMILES string of the molecule is CC1CCc2c(sc(NC(=S)NC(=O)CN3C(=O)CCC3=O)c2C#N)C1. The highest BCUT2D eigenvalue weighted by Gasteiger charge is 2.30. The number of nitrogens with one attached hydrogen (secondary N) is 2. The number of likely N-dealkylation sites (tertiary alicyclic amines) is 1. The minimum absolute atomic E-state index is 0.0530. The van der Waals surface area contributed by atoms with Gasteiger partial charge in [0.25, 0.3) is 0 Å². The van der Waals surface area contributed by atoms with E-state index in [1.165, 1.54) is 16.2 Å². The maximum absolute atomic E-state index is 12.0. The molecule has 0 bridgehead atoms. The first-order valence-corrected chi connectivity index (χ1v) is 9.60. The van der Waals surface area contributed by atoms with Crippen molar-refractivity contribution in [3.05, 3.63) is 16.0 Å². The molecular formula is C17H18N4O3S2. The topological polar surface area (TPSA) is 102 Å². The second kappa shape index (κ2) is 7.51. The molecule has 0 spiro atoms. The third-order valence-corrected chi connectivity index (χ3v) is 5.93. The summed E-state index contributed by atoms with van der Waals surface area (Å²) in [5, 5.41) is 15.5. The Balaban J connectivity index is 1.63. The Labute approximate surface area is 160 Å². The number of fused-ring (bicyclic) bond motifs is 1. The summed E-state index contributed by atoms with van der Waals surface area (Å²) < 4.78 is 0. The highest BCUT2D eigenvalue weighted by Crippen LogP contribution is 2.39. The number of nitrogens with zero attached hydrogens (tertiary/aromatic N) is 2. The number of rotatable bonds is 3. The van der Waals surface area contributed by atoms with Gasteiger partial charge in [-0.15, -0.1) is 11.3 Å². The summed E-state index contributed by atoms with van der Waals surface area (Å²) >= 11 is 6.64. The molecule has 7 nitrogen and oxygen atoms in total. The van der Waals surface area contributed by atoms with E-state index in [1.54, 1.807) is 0 Å². The average Bonchev–Trinajstić information content (AvgIpc) is 3.07. The van der Waals surface area contributed by atoms with Crippen molar-refractivity contribution in [2.75, 3.05) is 11.9 Å². The zero-order chi connectivity index (χ0) is 18.8. The van der Waals surface area contributed by atoms with Crippen molar-refractivity contribution in [2.24, 2.45) is 5.92 Å². The van der Waals surface area contributed by atoms with Gasteiger partial charge in [-0.05, 0) is 43.0 Å². The Morgan fingerprint density at radius 2 is 2.04 bits per heavy atom. The fourth-order valence-corrected chi connectivity index (χ4v) is 4.85. The first-order chi connectivity index (χ1) is 12.4. The molecule has 2 N–H and O–H groups in total. The normalized spacial score (nSPS) is 19.1. The maximum Gasteiger partial charge on any atom is 0.246 e. The Hall–Kier alpha value is -2.31. The van der Waals surface area contributed by atoms with Gasteiger partial charge in [-0.3, -0.25) is 19.3 Å². The van der Waals surface area contributed by atoms with Crippen LogP contribution in [0.15, 0.2) is 0 Å². The molecule has 2 heterocycles. The van der Waals surface area contributed by atoms with E-state index in [0.717, 1.165) is 29.7 Å². The van der Waals surface area contributed by atoms with Crippen LogP contribution in [-0.4, -0.2) is 34.3 Å². The van der Waals surface area contributed by atoms with Gasteiger partial charge < -0.3 is 10.6 Å². The second-order valence-corrected chi connectivity index (χ2v) is 8.06. The predicted octanol–water partition coefficient (Wildman–Crippen LogP) is 1.71. The molecule has 1 fully saturated rings. The van der Waals surface area contributed by atoms with Gasteiger partial charge in [-0.2, -0.15) is 5.26 Å². The summed E-state index contributed by atoms with van der Waals surface area (Å²) in [4.78, 5) is 37.3. The molecule has 136 valence electrons. The van der Waals surface area contributed by atoms with Crippen LogP contribution in [0.25, 0.3) is 0 Å². The quantitative estimate of drug-likeness (QED) is 0.602. The van der Waals surface area contributed by atoms with Crippen LogP contribution in [0.4, 0.5) is 5.00 Å². The largest absolute Gasteiger partial charge is 0.323 e. The third kappa shape index (κ3) is 3.76. The van der Waals surface area contributed by atoms with E-state index in [4.69, 9.17) is 12.2 Å².